The van der Waals surface area contributed by atoms with Gasteiger partial charge in [-0.3, -0.25) is 9.88 Å². The van der Waals surface area contributed by atoms with E-state index in [1.807, 2.05) is 24.7 Å². The van der Waals surface area contributed by atoms with Crippen molar-refractivity contribution < 1.29 is 0 Å². The molecule has 0 N–H and O–H groups in total. The normalized spacial score (nSPS) is 14.7. The number of thiophene rings is 1. The molecule has 0 radical (unpaired) electrons. The Morgan fingerprint density at radius 3 is 2.91 bits per heavy atom. The zero-order chi connectivity index (χ0) is 14.8. The van der Waals surface area contributed by atoms with Crippen LogP contribution in [0.25, 0.3) is 10.7 Å². The van der Waals surface area contributed by atoms with E-state index in [1.165, 1.54) is 16.8 Å². The van der Waals surface area contributed by atoms with Gasteiger partial charge in [0.15, 0.2) is 5.82 Å². The van der Waals surface area contributed by atoms with Gasteiger partial charge in [0.25, 0.3) is 0 Å². The van der Waals surface area contributed by atoms with Crippen LogP contribution in [0.15, 0.2) is 48.2 Å². The predicted molar refractivity (Wildman–Crippen MR) is 87.4 cm³/mol. The summed E-state index contributed by atoms with van der Waals surface area (Å²) in [7, 11) is 0. The molecule has 0 saturated heterocycles. The molecule has 4 heterocycles. The molecule has 0 atom stereocenters. The van der Waals surface area contributed by atoms with Crippen LogP contribution in [0, 0.1) is 0 Å². The Morgan fingerprint density at radius 1 is 1.18 bits per heavy atom. The third-order valence-corrected chi connectivity index (χ3v) is 4.79. The van der Waals surface area contributed by atoms with E-state index in [4.69, 9.17) is 4.98 Å². The van der Waals surface area contributed by atoms with Crippen LogP contribution in [0.2, 0.25) is 0 Å². The summed E-state index contributed by atoms with van der Waals surface area (Å²) in [5, 5.41) is 2.06. The van der Waals surface area contributed by atoms with E-state index in [-0.39, 0.29) is 0 Å². The fourth-order valence-electron chi connectivity index (χ4n) is 2.76. The molecule has 1 aliphatic rings. The molecule has 4 nitrogen and oxygen atoms in total. The molecule has 110 valence electrons. The lowest BCUT2D eigenvalue weighted by molar-refractivity contribution is 0.241. The lowest BCUT2D eigenvalue weighted by atomic mass is 10.1. The summed E-state index contributed by atoms with van der Waals surface area (Å²) in [6, 6.07) is 8.27. The third kappa shape index (κ3) is 2.77. The lowest BCUT2D eigenvalue weighted by Crippen LogP contribution is -2.31. The Hall–Kier alpha value is -2.11. The van der Waals surface area contributed by atoms with Crippen LogP contribution in [0.3, 0.4) is 0 Å². The summed E-state index contributed by atoms with van der Waals surface area (Å²) in [5.41, 5.74) is 3.75. The highest BCUT2D eigenvalue weighted by Gasteiger charge is 2.19. The van der Waals surface area contributed by atoms with Crippen molar-refractivity contribution in [2.75, 3.05) is 6.54 Å². The van der Waals surface area contributed by atoms with Gasteiger partial charge in [0.2, 0.25) is 0 Å². The molecule has 0 fully saturated rings. The van der Waals surface area contributed by atoms with E-state index in [1.54, 1.807) is 11.3 Å². The average Bonchev–Trinajstić information content (AvgIpc) is 3.10. The lowest BCUT2D eigenvalue weighted by Gasteiger charge is -2.27. The third-order valence-electron chi connectivity index (χ3n) is 3.92. The minimum absolute atomic E-state index is 0.847. The number of aromatic nitrogens is 3. The molecule has 3 aromatic heterocycles. The van der Waals surface area contributed by atoms with Crippen LogP contribution in [-0.2, 0) is 19.5 Å². The molecule has 0 bridgehead atoms. The van der Waals surface area contributed by atoms with Crippen LogP contribution >= 0.6 is 11.3 Å². The van der Waals surface area contributed by atoms with Crippen molar-refractivity contribution in [1.29, 1.82) is 0 Å². The Labute approximate surface area is 133 Å². The first-order valence-corrected chi connectivity index (χ1v) is 8.26. The van der Waals surface area contributed by atoms with Gasteiger partial charge < -0.3 is 0 Å². The largest absolute Gasteiger partial charge is 0.293 e. The number of nitrogens with zero attached hydrogens (tertiary/aromatic N) is 4. The van der Waals surface area contributed by atoms with Crippen LogP contribution in [0.4, 0.5) is 0 Å². The van der Waals surface area contributed by atoms with Crippen molar-refractivity contribution >= 4 is 11.3 Å². The highest BCUT2D eigenvalue weighted by molar-refractivity contribution is 7.13. The van der Waals surface area contributed by atoms with E-state index < -0.39 is 0 Å². The minimum Gasteiger partial charge on any atom is -0.293 e. The van der Waals surface area contributed by atoms with Gasteiger partial charge in [0.05, 0.1) is 10.6 Å². The molecule has 0 saturated carbocycles. The highest BCUT2D eigenvalue weighted by atomic mass is 32.1. The van der Waals surface area contributed by atoms with E-state index >= 15 is 0 Å². The van der Waals surface area contributed by atoms with Gasteiger partial charge in [-0.1, -0.05) is 6.07 Å². The second kappa shape index (κ2) is 5.94. The highest BCUT2D eigenvalue weighted by Crippen LogP contribution is 2.24. The summed E-state index contributed by atoms with van der Waals surface area (Å²) >= 11 is 1.68. The first-order valence-electron chi connectivity index (χ1n) is 7.38. The van der Waals surface area contributed by atoms with E-state index in [0.717, 1.165) is 36.8 Å². The van der Waals surface area contributed by atoms with E-state index in [0.29, 0.717) is 0 Å². The first kappa shape index (κ1) is 13.5. The zero-order valence-corrected chi connectivity index (χ0v) is 13.0. The molecular formula is C17H16N4S. The van der Waals surface area contributed by atoms with Crippen molar-refractivity contribution in [3.05, 3.63) is 65.1 Å². The van der Waals surface area contributed by atoms with Crippen LogP contribution in [0.5, 0.6) is 0 Å². The fourth-order valence-corrected chi connectivity index (χ4v) is 3.43. The molecule has 0 unspecified atom stereocenters. The number of fused-ring (bicyclic) bond motifs is 1. The Morgan fingerprint density at radius 2 is 2.09 bits per heavy atom. The topological polar surface area (TPSA) is 41.9 Å². The predicted octanol–water partition coefficient (Wildman–Crippen LogP) is 3.16. The van der Waals surface area contributed by atoms with Gasteiger partial charge in [0.1, 0.15) is 0 Å². The second-order valence-electron chi connectivity index (χ2n) is 5.46. The summed E-state index contributed by atoms with van der Waals surface area (Å²) in [6.45, 7) is 2.88. The first-order chi connectivity index (χ1) is 10.9. The molecule has 0 amide bonds. The minimum atomic E-state index is 0.847. The van der Waals surface area contributed by atoms with Crippen LogP contribution in [-0.4, -0.2) is 26.4 Å². The van der Waals surface area contributed by atoms with Gasteiger partial charge in [-0.05, 0) is 41.1 Å². The SMILES string of the molecule is c1csc(-c2ncc3c(n2)CN(Cc2ccncc2)CC3)c1. The van der Waals surface area contributed by atoms with E-state index in [9.17, 15) is 0 Å². The molecule has 0 aliphatic carbocycles. The van der Waals surface area contributed by atoms with Crippen molar-refractivity contribution in [2.45, 2.75) is 19.5 Å². The fraction of sp³-hybridized carbons (Fsp3) is 0.235. The van der Waals surface area contributed by atoms with Gasteiger partial charge in [-0.15, -0.1) is 11.3 Å². The maximum atomic E-state index is 4.79. The van der Waals surface area contributed by atoms with Crippen molar-refractivity contribution in [3.63, 3.8) is 0 Å². The molecule has 22 heavy (non-hydrogen) atoms. The van der Waals surface area contributed by atoms with Crippen molar-refractivity contribution in [2.24, 2.45) is 0 Å². The quantitative estimate of drug-likeness (QED) is 0.745. The van der Waals surface area contributed by atoms with Gasteiger partial charge in [-0.25, -0.2) is 9.97 Å². The average molecular weight is 308 g/mol. The Bertz CT molecular complexity index is 756. The van der Waals surface area contributed by atoms with E-state index in [2.05, 4.69) is 38.4 Å². The standard InChI is InChI=1S/C17H16N4S/c1-2-16(22-9-1)17-19-10-14-5-8-21(12-15(14)20-17)11-13-3-6-18-7-4-13/h1-4,6-7,9-10H,5,8,11-12H2. The molecule has 4 rings (SSSR count). The summed E-state index contributed by atoms with van der Waals surface area (Å²) < 4.78 is 0. The summed E-state index contributed by atoms with van der Waals surface area (Å²) in [4.78, 5) is 17.0. The van der Waals surface area contributed by atoms with Crippen molar-refractivity contribution in [1.82, 2.24) is 19.9 Å². The summed E-state index contributed by atoms with van der Waals surface area (Å²) in [5.74, 6) is 0.847. The second-order valence-corrected chi connectivity index (χ2v) is 6.41. The van der Waals surface area contributed by atoms with Crippen molar-refractivity contribution in [3.8, 4) is 10.7 Å². The van der Waals surface area contributed by atoms with Gasteiger partial charge >= 0.3 is 0 Å². The molecule has 1 aliphatic heterocycles. The molecular weight excluding hydrogens is 292 g/mol. The maximum Gasteiger partial charge on any atom is 0.169 e. The molecule has 0 aromatic carbocycles. The monoisotopic (exact) mass is 308 g/mol. The van der Waals surface area contributed by atoms with Gasteiger partial charge in [0, 0.05) is 38.2 Å². The number of hydrogen-bond donors (Lipinski definition) is 0. The summed E-state index contributed by atoms with van der Waals surface area (Å²) in [6.07, 6.45) is 6.72. The van der Waals surface area contributed by atoms with Gasteiger partial charge in [-0.2, -0.15) is 0 Å². The Balaban J connectivity index is 1.55. The number of hydrogen-bond acceptors (Lipinski definition) is 5. The number of pyridine rings is 1. The molecule has 5 heteroatoms. The molecule has 0 spiro atoms. The maximum absolute atomic E-state index is 4.79. The van der Waals surface area contributed by atoms with Crippen LogP contribution in [0.1, 0.15) is 16.8 Å². The smallest absolute Gasteiger partial charge is 0.169 e. The zero-order valence-electron chi connectivity index (χ0n) is 12.1. The number of rotatable bonds is 3. The Kier molecular flexibility index (Phi) is 3.66. The molecule has 3 aromatic rings. The van der Waals surface area contributed by atoms with Crippen LogP contribution < -0.4 is 0 Å².